The maximum Gasteiger partial charge on any atom is 0.411 e. The summed E-state index contributed by atoms with van der Waals surface area (Å²) >= 11 is 12.2. The van der Waals surface area contributed by atoms with E-state index in [1.54, 1.807) is 66.7 Å². The molecule has 5 aromatic rings. The lowest BCUT2D eigenvalue weighted by Crippen LogP contribution is -2.56. The summed E-state index contributed by atoms with van der Waals surface area (Å²) in [5.41, 5.74) is 6.58. The maximum atomic E-state index is 14.1. The average Bonchev–Trinajstić information content (AvgIpc) is 3.78. The molecule has 2 amide bonds. The summed E-state index contributed by atoms with van der Waals surface area (Å²) in [6, 6.07) is 30.1. The predicted molar refractivity (Wildman–Crippen MR) is 224 cm³/mol. The highest BCUT2D eigenvalue weighted by atomic mass is 35.5. The van der Waals surface area contributed by atoms with Gasteiger partial charge >= 0.3 is 12.1 Å². The smallest absolute Gasteiger partial charge is 0.411 e. The number of halogens is 2. The van der Waals surface area contributed by atoms with Gasteiger partial charge in [-0.15, -0.1) is 0 Å². The summed E-state index contributed by atoms with van der Waals surface area (Å²) in [6.07, 6.45) is -1.44. The second-order valence-electron chi connectivity index (χ2n) is 15.2. The molecule has 0 bridgehead atoms. The minimum atomic E-state index is -1.30. The van der Waals surface area contributed by atoms with Crippen LogP contribution < -0.4 is 14.8 Å². The normalized spacial score (nSPS) is 18.5. The summed E-state index contributed by atoms with van der Waals surface area (Å²) in [4.78, 5) is 55.2. The monoisotopic (exact) mass is 859 g/mol. The van der Waals surface area contributed by atoms with E-state index in [2.05, 4.69) is 11.4 Å². The number of carboxylic acids is 1. The molecule has 3 heterocycles. The van der Waals surface area contributed by atoms with Gasteiger partial charge in [0.2, 0.25) is 5.91 Å². The van der Waals surface area contributed by atoms with Crippen molar-refractivity contribution in [3.8, 4) is 28.7 Å². The number of carbonyl (C=O) groups excluding carboxylic acids is 3. The Morgan fingerprint density at radius 2 is 1.61 bits per heavy atom. The van der Waals surface area contributed by atoms with Crippen LogP contribution in [-0.4, -0.2) is 65.2 Å². The van der Waals surface area contributed by atoms with Gasteiger partial charge in [-0.2, -0.15) is 5.26 Å². The van der Waals surface area contributed by atoms with Crippen molar-refractivity contribution in [1.29, 1.82) is 5.26 Å². The molecule has 0 aliphatic carbocycles. The zero-order valence-corrected chi connectivity index (χ0v) is 34.2. The van der Waals surface area contributed by atoms with Crippen molar-refractivity contribution in [3.63, 3.8) is 0 Å². The first-order valence-corrected chi connectivity index (χ1v) is 20.4. The summed E-state index contributed by atoms with van der Waals surface area (Å²) in [6.45, 7) is 0.928. The van der Waals surface area contributed by atoms with E-state index in [0.29, 0.717) is 62.4 Å². The van der Waals surface area contributed by atoms with E-state index >= 15 is 0 Å². The molecule has 1 unspecified atom stereocenters. The fraction of sp³-hybridized carbons (Fsp3) is 0.255. The second kappa shape index (κ2) is 18.1. The van der Waals surface area contributed by atoms with Crippen molar-refractivity contribution in [2.24, 2.45) is 0 Å². The molecule has 14 heteroatoms. The van der Waals surface area contributed by atoms with Crippen LogP contribution in [0.3, 0.4) is 0 Å². The molecule has 0 radical (unpaired) electrons. The fourth-order valence-electron chi connectivity index (χ4n) is 7.69. The van der Waals surface area contributed by atoms with Crippen LogP contribution in [0.5, 0.6) is 11.5 Å². The molecular formula is C47H39Cl2N3O9. The van der Waals surface area contributed by atoms with Crippen LogP contribution in [0.15, 0.2) is 103 Å². The molecule has 310 valence electrons. The molecule has 1 saturated heterocycles. The molecule has 12 nitrogen and oxygen atoms in total. The number of Topliss-reactive ketones (excluding diaryl/α,β-unsaturated/α-hetero) is 1. The third kappa shape index (κ3) is 9.50. The average molecular weight is 861 g/mol. The first-order valence-electron chi connectivity index (χ1n) is 19.7. The highest BCUT2D eigenvalue weighted by molar-refractivity contribution is 6.42. The summed E-state index contributed by atoms with van der Waals surface area (Å²) < 4.78 is 23.4. The lowest BCUT2D eigenvalue weighted by atomic mass is 9.88. The molecule has 3 aliphatic rings. The van der Waals surface area contributed by atoms with E-state index in [9.17, 15) is 24.3 Å². The number of ether oxygens (including phenoxy) is 4. The number of carbonyl (C=O) groups is 4. The van der Waals surface area contributed by atoms with Crippen molar-refractivity contribution < 1.29 is 43.2 Å². The predicted octanol–water partition coefficient (Wildman–Crippen LogP) is 7.82. The molecule has 0 saturated carbocycles. The number of nitriles is 1. The Labute approximate surface area is 361 Å². The van der Waals surface area contributed by atoms with E-state index in [-0.39, 0.29) is 44.8 Å². The number of nitrogens with one attached hydrogen (secondary N) is 1. The van der Waals surface area contributed by atoms with Crippen LogP contribution >= 0.6 is 23.2 Å². The third-order valence-corrected chi connectivity index (χ3v) is 11.8. The van der Waals surface area contributed by atoms with Gasteiger partial charge in [0, 0.05) is 36.8 Å². The van der Waals surface area contributed by atoms with E-state index in [4.69, 9.17) is 47.4 Å². The second-order valence-corrected chi connectivity index (χ2v) is 16.0. The van der Waals surface area contributed by atoms with E-state index in [1.807, 2.05) is 36.4 Å². The summed E-state index contributed by atoms with van der Waals surface area (Å²) in [5, 5.41) is 22.9. The van der Waals surface area contributed by atoms with Gasteiger partial charge in [-0.3, -0.25) is 14.5 Å². The number of rotatable bonds is 11. The SMILES string of the molecule is N#Cc1ccc(-c2ccc(C[C@H](NC(=O)[C@@H]3Cc4cc5c(cc4CN3C(=O)O[C@@H]3CCOC3)OC(c3ccc(OCc4ccc(Cl)c(Cl)c4)cc3)C(=O)C5)C(=O)O)cc2)cc1. The first-order chi connectivity index (χ1) is 29.5. The number of nitrogens with zero attached hydrogens (tertiary/aromatic N) is 2. The lowest BCUT2D eigenvalue weighted by molar-refractivity contribution is -0.142. The lowest BCUT2D eigenvalue weighted by Gasteiger charge is -2.37. The Kier molecular flexibility index (Phi) is 12.3. The zero-order valence-electron chi connectivity index (χ0n) is 32.6. The summed E-state index contributed by atoms with van der Waals surface area (Å²) in [5.74, 6) is -0.962. The van der Waals surface area contributed by atoms with Crippen molar-refractivity contribution >= 4 is 47.0 Å². The Bertz CT molecular complexity index is 2520. The van der Waals surface area contributed by atoms with E-state index in [1.165, 1.54) is 4.90 Å². The third-order valence-electron chi connectivity index (χ3n) is 11.0. The van der Waals surface area contributed by atoms with Crippen LogP contribution in [0.1, 0.15) is 51.5 Å². The molecule has 5 aromatic carbocycles. The van der Waals surface area contributed by atoms with Crippen LogP contribution in [0.4, 0.5) is 4.79 Å². The van der Waals surface area contributed by atoms with Crippen LogP contribution in [0.25, 0.3) is 11.1 Å². The molecule has 3 aliphatic heterocycles. The largest absolute Gasteiger partial charge is 0.489 e. The van der Waals surface area contributed by atoms with E-state index < -0.39 is 42.3 Å². The van der Waals surface area contributed by atoms with Crippen molar-refractivity contribution in [2.75, 3.05) is 13.2 Å². The molecule has 0 aromatic heterocycles. The van der Waals surface area contributed by atoms with E-state index in [0.717, 1.165) is 22.3 Å². The van der Waals surface area contributed by atoms with Crippen LogP contribution in [0, 0.1) is 11.3 Å². The highest BCUT2D eigenvalue weighted by Gasteiger charge is 2.40. The summed E-state index contributed by atoms with van der Waals surface area (Å²) in [7, 11) is 0. The number of aliphatic carboxylic acids is 1. The quantitative estimate of drug-likeness (QED) is 0.134. The number of ketones is 1. The first kappa shape index (κ1) is 41.3. The van der Waals surface area contributed by atoms with Crippen LogP contribution in [-0.2, 0) is 56.3 Å². The Morgan fingerprint density at radius 3 is 2.28 bits per heavy atom. The van der Waals surface area contributed by atoms with Gasteiger partial charge in [0.1, 0.15) is 36.3 Å². The Balaban J connectivity index is 0.975. The fourth-order valence-corrected chi connectivity index (χ4v) is 8.01. The number of hydrogen-bond donors (Lipinski definition) is 2. The number of carboxylic acid groups (broad SMARTS) is 1. The van der Waals surface area contributed by atoms with Gasteiger partial charge in [0.05, 0.1) is 41.4 Å². The molecular weight excluding hydrogens is 821 g/mol. The number of benzene rings is 5. The van der Waals surface area contributed by atoms with Crippen molar-refractivity contribution in [3.05, 3.63) is 152 Å². The molecule has 0 spiro atoms. The molecule has 8 rings (SSSR count). The Hall–Kier alpha value is -6.39. The minimum Gasteiger partial charge on any atom is -0.489 e. The number of amides is 2. The minimum absolute atomic E-state index is 0.00943. The molecule has 2 N–H and O–H groups in total. The topological polar surface area (TPSA) is 164 Å². The van der Waals surface area contributed by atoms with Gasteiger partial charge in [-0.25, -0.2) is 9.59 Å². The van der Waals surface area contributed by atoms with Gasteiger partial charge < -0.3 is 29.4 Å². The number of hydrogen-bond acceptors (Lipinski definition) is 9. The van der Waals surface area contributed by atoms with Crippen molar-refractivity contribution in [1.82, 2.24) is 10.2 Å². The molecule has 4 atom stereocenters. The van der Waals surface area contributed by atoms with Gasteiger partial charge in [0.25, 0.3) is 0 Å². The van der Waals surface area contributed by atoms with Crippen molar-refractivity contribution in [2.45, 2.75) is 63.1 Å². The molecule has 61 heavy (non-hydrogen) atoms. The number of fused-ring (bicyclic) bond motifs is 2. The van der Waals surface area contributed by atoms with Crippen LogP contribution in [0.2, 0.25) is 10.0 Å². The van der Waals surface area contributed by atoms with Gasteiger partial charge in [-0.1, -0.05) is 83.9 Å². The molecule has 1 fully saturated rings. The maximum absolute atomic E-state index is 14.1. The highest BCUT2D eigenvalue weighted by Crippen LogP contribution is 2.38. The Morgan fingerprint density at radius 1 is 0.885 bits per heavy atom. The van der Waals surface area contributed by atoms with Gasteiger partial charge in [0.15, 0.2) is 11.9 Å². The van der Waals surface area contributed by atoms with Gasteiger partial charge in [-0.05, 0) is 75.8 Å². The zero-order chi connectivity index (χ0) is 42.6. The standard InChI is InChI=1S/C47H39Cl2N3O9/c48-38-14-5-29(17-39(38)49)25-59-36-12-10-32(11-13-36)44-42(53)21-34-19-33-20-41(52(24-35(33)22-43(34)61-44)47(57)60-37-15-16-58-26-37)45(54)51-40(46(55)56)18-27-1-6-30(7-2-27)31-8-3-28(23-50)4-9-31/h1-14,17,19,22,37,40-41,44H,15-16,18,20-21,24-26H2,(H,51,54)(H,55,56)/t37-,40+,41+,44?/m1/s1.